The van der Waals surface area contributed by atoms with E-state index >= 15 is 0 Å². The molecule has 0 atom stereocenters. The van der Waals surface area contributed by atoms with Crippen LogP contribution in [-0.2, 0) is 10.0 Å². The van der Waals surface area contributed by atoms with E-state index < -0.39 is 16.1 Å². The van der Waals surface area contributed by atoms with Gasteiger partial charge in [-0.1, -0.05) is 30.4 Å². The largest absolute Gasteiger partial charge is 0.462 e. The van der Waals surface area contributed by atoms with Gasteiger partial charge in [0.2, 0.25) is 0 Å². The maximum atomic E-state index is 11.9. The van der Waals surface area contributed by atoms with Crippen molar-refractivity contribution in [2.24, 2.45) is 0 Å². The SMILES string of the molecule is O=C(NC(=S)c1ccco1)NS(=O)(=O)c1ccccc1. The summed E-state index contributed by atoms with van der Waals surface area (Å²) in [5.41, 5.74) is 0. The van der Waals surface area contributed by atoms with Gasteiger partial charge in [-0.15, -0.1) is 0 Å². The van der Waals surface area contributed by atoms with Crippen LogP contribution in [0.4, 0.5) is 4.79 Å². The van der Waals surface area contributed by atoms with Gasteiger partial charge in [-0.2, -0.15) is 0 Å². The summed E-state index contributed by atoms with van der Waals surface area (Å²) in [6.07, 6.45) is 1.39. The van der Waals surface area contributed by atoms with Crippen molar-refractivity contribution in [1.29, 1.82) is 0 Å². The molecule has 0 spiro atoms. The minimum absolute atomic E-state index is 0.00392. The van der Waals surface area contributed by atoms with Crippen molar-refractivity contribution in [1.82, 2.24) is 10.0 Å². The number of benzene rings is 1. The predicted octanol–water partition coefficient (Wildman–Crippen LogP) is 1.64. The molecular formula is C12H10N2O4S2. The van der Waals surface area contributed by atoms with Crippen molar-refractivity contribution in [2.45, 2.75) is 4.90 Å². The van der Waals surface area contributed by atoms with Gasteiger partial charge in [0.05, 0.1) is 11.2 Å². The summed E-state index contributed by atoms with van der Waals surface area (Å²) in [6, 6.07) is 9.73. The zero-order valence-corrected chi connectivity index (χ0v) is 11.7. The summed E-state index contributed by atoms with van der Waals surface area (Å²) >= 11 is 4.90. The summed E-state index contributed by atoms with van der Waals surface area (Å²) < 4.78 is 30.6. The van der Waals surface area contributed by atoms with Gasteiger partial charge in [0.25, 0.3) is 10.0 Å². The molecule has 104 valence electrons. The lowest BCUT2D eigenvalue weighted by Crippen LogP contribution is -2.41. The minimum Gasteiger partial charge on any atom is -0.462 e. The first-order valence-corrected chi connectivity index (χ1v) is 7.35. The average Bonchev–Trinajstić information content (AvgIpc) is 2.93. The first-order chi connectivity index (χ1) is 9.49. The van der Waals surface area contributed by atoms with Gasteiger partial charge in [0, 0.05) is 0 Å². The summed E-state index contributed by atoms with van der Waals surface area (Å²) in [6.45, 7) is 0. The molecule has 2 rings (SSSR count). The van der Waals surface area contributed by atoms with Crippen LogP contribution in [0.25, 0.3) is 0 Å². The molecule has 0 fully saturated rings. The van der Waals surface area contributed by atoms with Crippen LogP contribution >= 0.6 is 12.2 Å². The van der Waals surface area contributed by atoms with Crippen LogP contribution in [-0.4, -0.2) is 19.4 Å². The smallest absolute Gasteiger partial charge is 0.333 e. The highest BCUT2D eigenvalue weighted by Crippen LogP contribution is 2.07. The van der Waals surface area contributed by atoms with Crippen LogP contribution in [0.5, 0.6) is 0 Å². The van der Waals surface area contributed by atoms with Crippen LogP contribution < -0.4 is 10.0 Å². The summed E-state index contributed by atoms with van der Waals surface area (Å²) in [4.78, 5) is 11.6. The molecule has 20 heavy (non-hydrogen) atoms. The highest BCUT2D eigenvalue weighted by atomic mass is 32.2. The fraction of sp³-hybridized carbons (Fsp3) is 0. The predicted molar refractivity (Wildman–Crippen MR) is 75.7 cm³/mol. The number of carbonyl (C=O) groups excluding carboxylic acids is 1. The molecule has 8 heteroatoms. The van der Waals surface area contributed by atoms with E-state index in [1.165, 1.54) is 18.4 Å². The number of sulfonamides is 1. The molecule has 1 heterocycles. The molecule has 0 aliphatic rings. The van der Waals surface area contributed by atoms with Gasteiger partial charge in [-0.25, -0.2) is 17.9 Å². The van der Waals surface area contributed by atoms with E-state index in [1.54, 1.807) is 30.3 Å². The highest BCUT2D eigenvalue weighted by Gasteiger charge is 2.18. The number of carbonyl (C=O) groups is 1. The quantitative estimate of drug-likeness (QED) is 0.841. The molecule has 2 amide bonds. The molecular weight excluding hydrogens is 300 g/mol. The van der Waals surface area contributed by atoms with E-state index in [1.807, 2.05) is 4.72 Å². The van der Waals surface area contributed by atoms with Crippen molar-refractivity contribution in [3.05, 3.63) is 54.5 Å². The molecule has 0 radical (unpaired) electrons. The van der Waals surface area contributed by atoms with Crippen LogP contribution in [0.2, 0.25) is 0 Å². The second-order valence-electron chi connectivity index (χ2n) is 3.68. The lowest BCUT2D eigenvalue weighted by molar-refractivity contribution is 0.250. The maximum absolute atomic E-state index is 11.9. The molecule has 0 aliphatic carbocycles. The Balaban J connectivity index is 2.03. The average molecular weight is 310 g/mol. The van der Waals surface area contributed by atoms with Crippen molar-refractivity contribution < 1.29 is 17.6 Å². The van der Waals surface area contributed by atoms with E-state index in [9.17, 15) is 13.2 Å². The van der Waals surface area contributed by atoms with Crippen molar-refractivity contribution >= 4 is 33.3 Å². The van der Waals surface area contributed by atoms with Crippen LogP contribution in [0.3, 0.4) is 0 Å². The van der Waals surface area contributed by atoms with Gasteiger partial charge in [0.15, 0.2) is 10.7 Å². The van der Waals surface area contributed by atoms with E-state index in [2.05, 4.69) is 5.32 Å². The maximum Gasteiger partial charge on any atom is 0.333 e. The number of amides is 2. The van der Waals surface area contributed by atoms with Gasteiger partial charge in [-0.05, 0) is 24.3 Å². The molecule has 6 nitrogen and oxygen atoms in total. The van der Waals surface area contributed by atoms with E-state index in [4.69, 9.17) is 16.6 Å². The number of thiocarbonyl (C=S) groups is 1. The van der Waals surface area contributed by atoms with Gasteiger partial charge in [-0.3, -0.25) is 5.32 Å². The Morgan fingerprint density at radius 3 is 2.40 bits per heavy atom. The molecule has 2 N–H and O–H groups in total. The van der Waals surface area contributed by atoms with Crippen LogP contribution in [0, 0.1) is 0 Å². The first kappa shape index (κ1) is 14.2. The van der Waals surface area contributed by atoms with E-state index in [0.29, 0.717) is 0 Å². The van der Waals surface area contributed by atoms with Crippen LogP contribution in [0.15, 0.2) is 58.0 Å². The summed E-state index contributed by atoms with van der Waals surface area (Å²) in [5, 5.41) is 2.22. The Labute approximate surface area is 120 Å². The molecule has 1 aromatic heterocycles. The molecule has 0 saturated heterocycles. The standard InChI is InChI=1S/C12H10N2O4S2/c15-12(13-11(19)10-7-4-8-18-10)14-20(16,17)9-5-2-1-3-6-9/h1-8H,(H2,13,14,15,19). The number of urea groups is 1. The van der Waals surface area contributed by atoms with Gasteiger partial charge >= 0.3 is 6.03 Å². The Hall–Kier alpha value is -2.19. The third kappa shape index (κ3) is 3.43. The van der Waals surface area contributed by atoms with E-state index in [-0.39, 0.29) is 15.6 Å². The highest BCUT2D eigenvalue weighted by molar-refractivity contribution is 7.90. The monoisotopic (exact) mass is 310 g/mol. The summed E-state index contributed by atoms with van der Waals surface area (Å²) in [7, 11) is -3.93. The zero-order valence-electron chi connectivity index (χ0n) is 10.1. The lowest BCUT2D eigenvalue weighted by atomic mass is 10.4. The Morgan fingerprint density at radius 2 is 1.80 bits per heavy atom. The lowest BCUT2D eigenvalue weighted by Gasteiger charge is -2.08. The molecule has 2 aromatic rings. The number of hydrogen-bond acceptors (Lipinski definition) is 5. The number of hydrogen-bond donors (Lipinski definition) is 2. The Morgan fingerprint density at radius 1 is 1.10 bits per heavy atom. The van der Waals surface area contributed by atoms with E-state index in [0.717, 1.165) is 0 Å². The second kappa shape index (κ2) is 5.85. The number of rotatable bonds is 3. The second-order valence-corrected chi connectivity index (χ2v) is 5.77. The topological polar surface area (TPSA) is 88.4 Å². The van der Waals surface area contributed by atoms with Gasteiger partial charge in [0.1, 0.15) is 0 Å². The third-order valence-electron chi connectivity index (χ3n) is 2.25. The number of nitrogens with one attached hydrogen (secondary N) is 2. The van der Waals surface area contributed by atoms with Gasteiger partial charge < -0.3 is 4.42 Å². The fourth-order valence-corrected chi connectivity index (χ4v) is 2.52. The Kier molecular flexibility index (Phi) is 4.16. The first-order valence-electron chi connectivity index (χ1n) is 5.46. The van der Waals surface area contributed by atoms with Crippen molar-refractivity contribution in [3.8, 4) is 0 Å². The normalized spacial score (nSPS) is 10.8. The Bertz CT molecular complexity index is 709. The third-order valence-corrected chi connectivity index (χ3v) is 3.90. The van der Waals surface area contributed by atoms with Crippen molar-refractivity contribution in [3.63, 3.8) is 0 Å². The number of furan rings is 1. The zero-order chi connectivity index (χ0) is 14.6. The van der Waals surface area contributed by atoms with Crippen LogP contribution in [0.1, 0.15) is 5.76 Å². The summed E-state index contributed by atoms with van der Waals surface area (Å²) in [5.74, 6) is 0.271. The minimum atomic E-state index is -3.93. The molecule has 1 aromatic carbocycles. The molecule has 0 unspecified atom stereocenters. The fourth-order valence-electron chi connectivity index (χ4n) is 1.38. The molecule has 0 bridgehead atoms. The molecule has 0 aliphatic heterocycles. The van der Waals surface area contributed by atoms with Crippen molar-refractivity contribution in [2.75, 3.05) is 0 Å². The molecule has 0 saturated carbocycles.